The molecule has 2 heterocycles. The summed E-state index contributed by atoms with van der Waals surface area (Å²) < 4.78 is 0. The number of nitrogens with one attached hydrogen (secondary N) is 1. The maximum Gasteiger partial charge on any atom is 0.184 e. The Morgan fingerprint density at radius 1 is 1.33 bits per heavy atom. The van der Waals surface area contributed by atoms with E-state index < -0.39 is 0 Å². The number of aromatic nitrogens is 2. The number of rotatable bonds is 3. The van der Waals surface area contributed by atoms with Gasteiger partial charge < -0.3 is 10.7 Å². The highest BCUT2D eigenvalue weighted by atomic mass is 16.1. The van der Waals surface area contributed by atoms with Crippen molar-refractivity contribution in [3.8, 4) is 0 Å². The van der Waals surface area contributed by atoms with E-state index in [1.165, 1.54) is 0 Å². The second-order valence-corrected chi connectivity index (χ2v) is 3.25. The molecule has 76 valence electrons. The van der Waals surface area contributed by atoms with Crippen LogP contribution in [0.4, 0.5) is 5.82 Å². The van der Waals surface area contributed by atoms with Gasteiger partial charge in [0.25, 0.3) is 0 Å². The third-order valence-electron chi connectivity index (χ3n) is 2.08. The molecule has 0 saturated carbocycles. The number of Topliss-reactive ketones (excluding diaryl/α,β-unsaturated/α-hetero) is 1. The molecule has 3 N–H and O–H groups in total. The molecule has 0 unspecified atom stereocenters. The van der Waals surface area contributed by atoms with Gasteiger partial charge in [0.15, 0.2) is 5.78 Å². The standard InChI is InChI=1S/C11H11N3O/c12-11-5-4-9(14-11)10(15)7-8-3-1-2-6-13-8/h1-6,14H,7,12H2. The Morgan fingerprint density at radius 2 is 2.20 bits per heavy atom. The first-order valence-corrected chi connectivity index (χ1v) is 4.63. The lowest BCUT2D eigenvalue weighted by Crippen LogP contribution is -2.05. The molecule has 0 amide bonds. The minimum absolute atomic E-state index is 0.00889. The molecular weight excluding hydrogens is 190 g/mol. The van der Waals surface area contributed by atoms with Gasteiger partial charge >= 0.3 is 0 Å². The second-order valence-electron chi connectivity index (χ2n) is 3.25. The summed E-state index contributed by atoms with van der Waals surface area (Å²) in [4.78, 5) is 18.6. The third-order valence-corrected chi connectivity index (χ3v) is 2.08. The number of nitrogens with two attached hydrogens (primary N) is 1. The lowest BCUT2D eigenvalue weighted by atomic mass is 10.1. The van der Waals surface area contributed by atoms with E-state index in [4.69, 9.17) is 5.73 Å². The van der Waals surface area contributed by atoms with Gasteiger partial charge in [-0.2, -0.15) is 0 Å². The highest BCUT2D eigenvalue weighted by Gasteiger charge is 2.08. The Hall–Kier alpha value is -2.10. The number of aromatic amines is 1. The Labute approximate surface area is 87.1 Å². The monoisotopic (exact) mass is 201 g/mol. The van der Waals surface area contributed by atoms with Crippen LogP contribution in [0.3, 0.4) is 0 Å². The largest absolute Gasteiger partial charge is 0.385 e. The molecule has 0 atom stereocenters. The summed E-state index contributed by atoms with van der Waals surface area (Å²) in [5.74, 6) is 0.491. The number of nitrogen functional groups attached to an aromatic ring is 1. The molecule has 0 aromatic carbocycles. The van der Waals surface area contributed by atoms with Crippen LogP contribution in [-0.2, 0) is 6.42 Å². The van der Waals surface area contributed by atoms with Crippen molar-refractivity contribution < 1.29 is 4.79 Å². The lowest BCUT2D eigenvalue weighted by Gasteiger charge is -1.97. The minimum Gasteiger partial charge on any atom is -0.385 e. The van der Waals surface area contributed by atoms with E-state index in [1.807, 2.05) is 18.2 Å². The summed E-state index contributed by atoms with van der Waals surface area (Å²) >= 11 is 0. The van der Waals surface area contributed by atoms with Gasteiger partial charge in [-0.1, -0.05) is 6.07 Å². The molecule has 0 bridgehead atoms. The van der Waals surface area contributed by atoms with Crippen molar-refractivity contribution in [2.24, 2.45) is 0 Å². The fraction of sp³-hybridized carbons (Fsp3) is 0.0909. The minimum atomic E-state index is -0.00889. The number of anilines is 1. The number of hydrogen-bond donors (Lipinski definition) is 2. The molecule has 0 aliphatic heterocycles. The van der Waals surface area contributed by atoms with Crippen molar-refractivity contribution in [2.75, 3.05) is 5.73 Å². The van der Waals surface area contributed by atoms with Crippen molar-refractivity contribution in [3.05, 3.63) is 47.9 Å². The topological polar surface area (TPSA) is 71.8 Å². The van der Waals surface area contributed by atoms with E-state index >= 15 is 0 Å². The van der Waals surface area contributed by atoms with Crippen molar-refractivity contribution in [2.45, 2.75) is 6.42 Å². The average molecular weight is 201 g/mol. The first kappa shape index (κ1) is 9.45. The third kappa shape index (κ3) is 2.22. The maximum atomic E-state index is 11.7. The van der Waals surface area contributed by atoms with Gasteiger partial charge in [-0.15, -0.1) is 0 Å². The number of carbonyl (C=O) groups is 1. The van der Waals surface area contributed by atoms with Crippen molar-refractivity contribution in [3.63, 3.8) is 0 Å². The molecular formula is C11H11N3O. The van der Waals surface area contributed by atoms with E-state index in [9.17, 15) is 4.79 Å². The molecule has 0 radical (unpaired) electrons. The fourth-order valence-electron chi connectivity index (χ4n) is 1.34. The summed E-state index contributed by atoms with van der Waals surface area (Å²) in [5.41, 5.74) is 6.77. The van der Waals surface area contributed by atoms with Gasteiger partial charge in [-0.3, -0.25) is 9.78 Å². The van der Waals surface area contributed by atoms with Crippen LogP contribution in [-0.4, -0.2) is 15.8 Å². The first-order valence-electron chi connectivity index (χ1n) is 4.63. The SMILES string of the molecule is Nc1ccc(C(=O)Cc2ccccn2)[nH]1. The van der Waals surface area contributed by atoms with Crippen molar-refractivity contribution >= 4 is 11.6 Å². The number of ketones is 1. The van der Waals surface area contributed by atoms with E-state index in [0.717, 1.165) is 5.69 Å². The second kappa shape index (κ2) is 3.96. The van der Waals surface area contributed by atoms with Crippen molar-refractivity contribution in [1.29, 1.82) is 0 Å². The van der Waals surface area contributed by atoms with Crippen LogP contribution >= 0.6 is 0 Å². The highest BCUT2D eigenvalue weighted by molar-refractivity contribution is 5.96. The molecule has 15 heavy (non-hydrogen) atoms. The van der Waals surface area contributed by atoms with Crippen molar-refractivity contribution in [1.82, 2.24) is 9.97 Å². The van der Waals surface area contributed by atoms with E-state index in [1.54, 1.807) is 18.3 Å². The fourth-order valence-corrected chi connectivity index (χ4v) is 1.34. The number of H-pyrrole nitrogens is 1. The number of hydrogen-bond acceptors (Lipinski definition) is 3. The quantitative estimate of drug-likeness (QED) is 0.737. The normalized spacial score (nSPS) is 10.1. The molecule has 0 aliphatic rings. The average Bonchev–Trinajstić information content (AvgIpc) is 2.66. The van der Waals surface area contributed by atoms with Crippen LogP contribution in [0.1, 0.15) is 16.2 Å². The van der Waals surface area contributed by atoms with Gasteiger partial charge in [0.1, 0.15) is 5.82 Å². The van der Waals surface area contributed by atoms with Gasteiger partial charge in [0.2, 0.25) is 0 Å². The zero-order chi connectivity index (χ0) is 10.7. The van der Waals surface area contributed by atoms with E-state index in [2.05, 4.69) is 9.97 Å². The molecule has 4 nitrogen and oxygen atoms in total. The predicted molar refractivity (Wildman–Crippen MR) is 57.5 cm³/mol. The predicted octanol–water partition coefficient (Wildman–Crippen LogP) is 1.42. The molecule has 0 fully saturated rings. The molecule has 2 aromatic rings. The van der Waals surface area contributed by atoms with Crippen LogP contribution in [0.5, 0.6) is 0 Å². The molecule has 0 spiro atoms. The molecule has 0 saturated heterocycles. The summed E-state index contributed by atoms with van der Waals surface area (Å²) in [6.07, 6.45) is 1.96. The first-order chi connectivity index (χ1) is 7.25. The number of carbonyl (C=O) groups excluding carboxylic acids is 1. The van der Waals surface area contributed by atoms with E-state index in [0.29, 0.717) is 17.9 Å². The Balaban J connectivity index is 2.11. The van der Waals surface area contributed by atoms with Crippen LogP contribution < -0.4 is 5.73 Å². The van der Waals surface area contributed by atoms with Gasteiger partial charge in [0, 0.05) is 11.9 Å². The van der Waals surface area contributed by atoms with Gasteiger partial charge in [-0.05, 0) is 24.3 Å². The zero-order valence-electron chi connectivity index (χ0n) is 8.10. The summed E-state index contributed by atoms with van der Waals surface area (Å²) in [6, 6.07) is 8.86. The van der Waals surface area contributed by atoms with Gasteiger partial charge in [0.05, 0.1) is 12.1 Å². The zero-order valence-corrected chi connectivity index (χ0v) is 8.10. The number of pyridine rings is 1. The Kier molecular flexibility index (Phi) is 2.49. The van der Waals surface area contributed by atoms with E-state index in [-0.39, 0.29) is 5.78 Å². The van der Waals surface area contributed by atoms with Crippen LogP contribution in [0.15, 0.2) is 36.5 Å². The lowest BCUT2D eigenvalue weighted by molar-refractivity contribution is 0.0988. The maximum absolute atomic E-state index is 11.7. The Bertz CT molecular complexity index is 462. The Morgan fingerprint density at radius 3 is 2.80 bits per heavy atom. The molecule has 4 heteroatoms. The highest BCUT2D eigenvalue weighted by Crippen LogP contribution is 2.07. The van der Waals surface area contributed by atoms with Crippen LogP contribution in [0, 0.1) is 0 Å². The van der Waals surface area contributed by atoms with Crippen LogP contribution in [0.2, 0.25) is 0 Å². The summed E-state index contributed by atoms with van der Waals surface area (Å²) in [5, 5.41) is 0. The summed E-state index contributed by atoms with van der Waals surface area (Å²) in [7, 11) is 0. The van der Waals surface area contributed by atoms with Gasteiger partial charge in [-0.25, -0.2) is 0 Å². The molecule has 0 aliphatic carbocycles. The smallest absolute Gasteiger partial charge is 0.184 e. The summed E-state index contributed by atoms with van der Waals surface area (Å²) in [6.45, 7) is 0. The number of nitrogens with zero attached hydrogens (tertiary/aromatic N) is 1. The van der Waals surface area contributed by atoms with Crippen LogP contribution in [0.25, 0.3) is 0 Å². The molecule has 2 rings (SSSR count). The molecule has 2 aromatic heterocycles.